The fraction of sp³-hybridized carbons (Fsp3) is 0.100. The summed E-state index contributed by atoms with van der Waals surface area (Å²) in [6.45, 7) is 7.80. The highest BCUT2D eigenvalue weighted by Gasteiger charge is 2.29. The maximum atomic E-state index is 6.01. The van der Waals surface area contributed by atoms with Crippen LogP contribution < -0.4 is 0 Å². The van der Waals surface area contributed by atoms with Crippen molar-refractivity contribution in [2.75, 3.05) is 0 Å². The van der Waals surface area contributed by atoms with Gasteiger partial charge in [0.15, 0.2) is 0 Å². The first-order chi connectivity index (χ1) is 10.3. The summed E-state index contributed by atoms with van der Waals surface area (Å²) < 4.78 is 6.01. The largest absolute Gasteiger partial charge is 0.357 e. The molecule has 0 saturated carbocycles. The lowest BCUT2D eigenvalue weighted by Crippen LogP contribution is -1.92. The van der Waals surface area contributed by atoms with Gasteiger partial charge >= 0.3 is 0 Å². The second kappa shape index (κ2) is 4.57. The van der Waals surface area contributed by atoms with E-state index < -0.39 is 0 Å². The highest BCUT2D eigenvalue weighted by Crippen LogP contribution is 2.44. The highest BCUT2D eigenvalue weighted by molar-refractivity contribution is 6.00. The molecule has 0 spiro atoms. The van der Waals surface area contributed by atoms with E-state index in [-0.39, 0.29) is 12.2 Å². The Morgan fingerprint density at radius 3 is 2.24 bits per heavy atom. The van der Waals surface area contributed by atoms with Gasteiger partial charge in [-0.05, 0) is 44.8 Å². The summed E-state index contributed by atoms with van der Waals surface area (Å²) in [5.41, 5.74) is 2.44. The van der Waals surface area contributed by atoms with Gasteiger partial charge in [0.25, 0.3) is 0 Å². The molecule has 4 rings (SSSR count). The summed E-state index contributed by atoms with van der Waals surface area (Å²) in [5, 5.41) is 5.01. The lowest BCUT2D eigenvalue weighted by molar-refractivity contribution is 0.0682. The van der Waals surface area contributed by atoms with E-state index in [1.54, 1.807) is 0 Å². The van der Waals surface area contributed by atoms with Gasteiger partial charge in [-0.25, -0.2) is 0 Å². The Hall–Kier alpha value is -2.38. The third-order valence-corrected chi connectivity index (χ3v) is 4.27. The topological polar surface area (TPSA) is 9.23 Å². The van der Waals surface area contributed by atoms with E-state index in [0.29, 0.717) is 0 Å². The second-order valence-corrected chi connectivity index (χ2v) is 5.44. The Bertz CT molecular complexity index is 876. The zero-order valence-electron chi connectivity index (χ0n) is 11.8. The van der Waals surface area contributed by atoms with Crippen molar-refractivity contribution < 1.29 is 4.74 Å². The lowest BCUT2D eigenvalue weighted by atomic mass is 9.93. The lowest BCUT2D eigenvalue weighted by Gasteiger charge is -2.10. The van der Waals surface area contributed by atoms with Crippen molar-refractivity contribution in [1.29, 1.82) is 0 Å². The van der Waals surface area contributed by atoms with Crippen molar-refractivity contribution in [1.82, 2.24) is 0 Å². The number of benzene rings is 3. The normalized spacial score (nSPS) is 20.6. The number of hydrogen-bond donors (Lipinski definition) is 0. The minimum absolute atomic E-state index is 0.0427. The number of rotatable bonds is 2. The van der Waals surface area contributed by atoms with Gasteiger partial charge in [-0.3, -0.25) is 0 Å². The first kappa shape index (κ1) is 12.4. The van der Waals surface area contributed by atoms with Gasteiger partial charge in [0, 0.05) is 0 Å². The monoisotopic (exact) mass is 272 g/mol. The first-order valence-electron chi connectivity index (χ1n) is 7.17. The summed E-state index contributed by atoms with van der Waals surface area (Å²) in [5.74, 6) is 0. The molecule has 0 N–H and O–H groups in total. The summed E-state index contributed by atoms with van der Waals surface area (Å²) in [6, 6.07) is 17.3. The van der Waals surface area contributed by atoms with E-state index in [2.05, 4.69) is 61.7 Å². The predicted octanol–water partition coefficient (Wildman–Crippen LogP) is 5.48. The minimum Gasteiger partial charge on any atom is -0.357 e. The molecule has 0 fully saturated rings. The van der Waals surface area contributed by atoms with E-state index in [1.165, 1.54) is 32.7 Å². The van der Waals surface area contributed by atoms with Gasteiger partial charge in [-0.1, -0.05) is 48.6 Å². The van der Waals surface area contributed by atoms with Crippen LogP contribution in [-0.4, -0.2) is 0 Å². The molecule has 0 bridgehead atoms. The average molecular weight is 272 g/mol. The van der Waals surface area contributed by atoms with Gasteiger partial charge in [-0.15, -0.1) is 13.2 Å². The molecule has 21 heavy (non-hydrogen) atoms. The molecule has 3 aromatic rings. The predicted molar refractivity (Wildman–Crippen MR) is 88.4 cm³/mol. The summed E-state index contributed by atoms with van der Waals surface area (Å²) in [6.07, 6.45) is 3.62. The van der Waals surface area contributed by atoms with Crippen molar-refractivity contribution in [3.05, 3.63) is 85.0 Å². The van der Waals surface area contributed by atoms with Crippen LogP contribution in [0, 0.1) is 0 Å². The van der Waals surface area contributed by atoms with Crippen LogP contribution in [0.5, 0.6) is 0 Å². The van der Waals surface area contributed by atoms with Gasteiger partial charge in [0.2, 0.25) is 0 Å². The molecule has 0 amide bonds. The number of hydrogen-bond acceptors (Lipinski definition) is 1. The molecule has 1 aliphatic heterocycles. The van der Waals surface area contributed by atoms with E-state index in [1.807, 2.05) is 12.2 Å². The average Bonchev–Trinajstić information content (AvgIpc) is 2.91. The molecule has 1 aliphatic rings. The zero-order chi connectivity index (χ0) is 14.4. The van der Waals surface area contributed by atoms with Crippen molar-refractivity contribution in [2.24, 2.45) is 0 Å². The SMILES string of the molecule is C=CC1OC(C=C)c2c1ccc1cc3ccccc3cc21. The Morgan fingerprint density at radius 1 is 0.810 bits per heavy atom. The molecule has 1 nitrogen and oxygen atoms in total. The third-order valence-electron chi connectivity index (χ3n) is 4.27. The van der Waals surface area contributed by atoms with Gasteiger partial charge in [-0.2, -0.15) is 0 Å². The van der Waals surface area contributed by atoms with Crippen LogP contribution in [0.3, 0.4) is 0 Å². The van der Waals surface area contributed by atoms with Crippen LogP contribution in [0.1, 0.15) is 23.3 Å². The summed E-state index contributed by atoms with van der Waals surface area (Å²) in [4.78, 5) is 0. The second-order valence-electron chi connectivity index (χ2n) is 5.44. The van der Waals surface area contributed by atoms with Crippen LogP contribution in [0.15, 0.2) is 73.8 Å². The molecular weight excluding hydrogens is 256 g/mol. The van der Waals surface area contributed by atoms with E-state index in [9.17, 15) is 0 Å². The minimum atomic E-state index is -0.0622. The summed E-state index contributed by atoms with van der Waals surface area (Å²) >= 11 is 0. The molecule has 2 unspecified atom stereocenters. The Labute approximate surface area is 124 Å². The fourth-order valence-electron chi connectivity index (χ4n) is 3.27. The number of fused-ring (bicyclic) bond motifs is 4. The Kier molecular flexibility index (Phi) is 2.69. The quantitative estimate of drug-likeness (QED) is 0.443. The smallest absolute Gasteiger partial charge is 0.103 e. The standard InChI is InChI=1S/C20H16O/c1-3-18-16-10-9-15-11-13-7-5-6-8-14(13)12-17(15)20(16)19(4-2)21-18/h3-12,18-19H,1-2H2. The van der Waals surface area contributed by atoms with Crippen LogP contribution in [0.2, 0.25) is 0 Å². The molecule has 2 atom stereocenters. The molecule has 0 saturated heterocycles. The molecule has 0 aliphatic carbocycles. The van der Waals surface area contributed by atoms with Crippen LogP contribution >= 0.6 is 0 Å². The zero-order valence-corrected chi connectivity index (χ0v) is 11.8. The van der Waals surface area contributed by atoms with Gasteiger partial charge in [0.05, 0.1) is 0 Å². The molecular formula is C20H16O. The molecule has 0 radical (unpaired) electrons. The third kappa shape index (κ3) is 1.75. The molecule has 1 heteroatoms. The van der Waals surface area contributed by atoms with Crippen LogP contribution in [0.25, 0.3) is 21.5 Å². The highest BCUT2D eigenvalue weighted by atomic mass is 16.5. The Balaban J connectivity index is 2.10. The number of ether oxygens (including phenoxy) is 1. The van der Waals surface area contributed by atoms with E-state index in [0.717, 1.165) is 0 Å². The molecule has 0 aromatic heterocycles. The molecule has 102 valence electrons. The fourth-order valence-corrected chi connectivity index (χ4v) is 3.27. The van der Waals surface area contributed by atoms with Crippen molar-refractivity contribution in [2.45, 2.75) is 12.2 Å². The Morgan fingerprint density at radius 2 is 1.52 bits per heavy atom. The molecule has 3 aromatic carbocycles. The maximum absolute atomic E-state index is 6.01. The van der Waals surface area contributed by atoms with Crippen LogP contribution in [0.4, 0.5) is 0 Å². The van der Waals surface area contributed by atoms with Crippen molar-refractivity contribution in [3.63, 3.8) is 0 Å². The summed E-state index contributed by atoms with van der Waals surface area (Å²) in [7, 11) is 0. The van der Waals surface area contributed by atoms with Gasteiger partial charge < -0.3 is 4.74 Å². The van der Waals surface area contributed by atoms with Crippen molar-refractivity contribution >= 4 is 21.5 Å². The van der Waals surface area contributed by atoms with Crippen molar-refractivity contribution in [3.8, 4) is 0 Å². The molecule has 1 heterocycles. The van der Waals surface area contributed by atoms with Crippen LogP contribution in [-0.2, 0) is 4.74 Å². The first-order valence-corrected chi connectivity index (χ1v) is 7.17. The van der Waals surface area contributed by atoms with Gasteiger partial charge in [0.1, 0.15) is 12.2 Å². The maximum Gasteiger partial charge on any atom is 0.103 e. The van der Waals surface area contributed by atoms with E-state index >= 15 is 0 Å². The van der Waals surface area contributed by atoms with E-state index in [4.69, 9.17) is 4.74 Å².